The standard InChI is InChI=1S/C28H26N4O2/c1-31(2)16-14-30-28(34)20-9-7-19(8-10-20)23-17-21-11-13-29-24(21)18-26(23)32-15-12-27(33)22-5-3-4-6-25(22)32/h3-13,15,17-18,29H,14,16H2,1-2H3,(H,30,34). The van der Waals surface area contributed by atoms with E-state index in [-0.39, 0.29) is 11.3 Å². The van der Waals surface area contributed by atoms with E-state index < -0.39 is 0 Å². The van der Waals surface area contributed by atoms with Crippen molar-refractivity contribution in [2.24, 2.45) is 0 Å². The Morgan fingerprint density at radius 3 is 2.59 bits per heavy atom. The number of nitrogens with one attached hydrogen (secondary N) is 2. The molecule has 0 aliphatic rings. The summed E-state index contributed by atoms with van der Waals surface area (Å²) in [5, 5.41) is 4.72. The highest BCUT2D eigenvalue weighted by Crippen LogP contribution is 2.32. The summed E-state index contributed by atoms with van der Waals surface area (Å²) in [6.07, 6.45) is 3.74. The number of amides is 1. The highest BCUT2D eigenvalue weighted by atomic mass is 16.1. The number of nitrogens with zero attached hydrogens (tertiary/aromatic N) is 2. The van der Waals surface area contributed by atoms with Crippen LogP contribution in [0.3, 0.4) is 0 Å². The Balaban J connectivity index is 1.59. The predicted octanol–water partition coefficient (Wildman–Crippen LogP) is 4.43. The largest absolute Gasteiger partial charge is 0.361 e. The van der Waals surface area contributed by atoms with Gasteiger partial charge in [0.2, 0.25) is 0 Å². The molecular weight excluding hydrogens is 424 g/mol. The third-order valence-corrected chi connectivity index (χ3v) is 6.04. The van der Waals surface area contributed by atoms with E-state index in [1.54, 1.807) is 6.07 Å². The summed E-state index contributed by atoms with van der Waals surface area (Å²) in [5.41, 5.74) is 5.44. The van der Waals surface area contributed by atoms with E-state index in [1.807, 2.05) is 90.6 Å². The summed E-state index contributed by atoms with van der Waals surface area (Å²) >= 11 is 0. The first kappa shape index (κ1) is 21.7. The van der Waals surface area contributed by atoms with Crippen molar-refractivity contribution in [2.75, 3.05) is 27.2 Å². The molecule has 0 bridgehead atoms. The SMILES string of the molecule is CN(C)CCNC(=O)c1ccc(-c2cc3cc[nH]c3cc2-n2ccc(=O)c3ccccc32)cc1. The van der Waals surface area contributed by atoms with E-state index in [0.717, 1.165) is 39.8 Å². The smallest absolute Gasteiger partial charge is 0.251 e. The first-order valence-electron chi connectivity index (χ1n) is 11.3. The van der Waals surface area contributed by atoms with Crippen molar-refractivity contribution < 1.29 is 4.79 Å². The second kappa shape index (κ2) is 9.00. The topological polar surface area (TPSA) is 70.1 Å². The van der Waals surface area contributed by atoms with Crippen LogP contribution < -0.4 is 10.7 Å². The van der Waals surface area contributed by atoms with Crippen molar-refractivity contribution in [3.05, 3.63) is 101 Å². The zero-order chi connectivity index (χ0) is 23.7. The molecule has 2 heterocycles. The van der Waals surface area contributed by atoms with Gasteiger partial charge < -0.3 is 19.8 Å². The molecule has 0 aliphatic heterocycles. The number of hydrogen-bond acceptors (Lipinski definition) is 3. The number of likely N-dealkylation sites (N-methyl/N-ethyl adjacent to an activating group) is 1. The molecule has 2 aromatic heterocycles. The van der Waals surface area contributed by atoms with E-state index in [2.05, 4.69) is 22.4 Å². The molecule has 0 aliphatic carbocycles. The Labute approximate surface area is 197 Å². The summed E-state index contributed by atoms with van der Waals surface area (Å²) in [7, 11) is 3.96. The van der Waals surface area contributed by atoms with Gasteiger partial charge in [0.05, 0.1) is 11.2 Å². The summed E-state index contributed by atoms with van der Waals surface area (Å²) in [5.74, 6) is -0.0823. The van der Waals surface area contributed by atoms with Gasteiger partial charge in [0.25, 0.3) is 5.91 Å². The Kier molecular flexibility index (Phi) is 5.74. The highest BCUT2D eigenvalue weighted by molar-refractivity contribution is 5.96. The summed E-state index contributed by atoms with van der Waals surface area (Å²) in [6.45, 7) is 1.39. The molecule has 5 rings (SSSR count). The van der Waals surface area contributed by atoms with Crippen LogP contribution in [0.15, 0.2) is 90.0 Å². The van der Waals surface area contributed by atoms with Gasteiger partial charge in [0, 0.05) is 59.0 Å². The summed E-state index contributed by atoms with van der Waals surface area (Å²) < 4.78 is 2.05. The molecule has 1 amide bonds. The average Bonchev–Trinajstić information content (AvgIpc) is 3.31. The molecule has 0 saturated heterocycles. The number of hydrogen-bond donors (Lipinski definition) is 2. The molecule has 2 N–H and O–H groups in total. The number of pyridine rings is 1. The molecule has 170 valence electrons. The van der Waals surface area contributed by atoms with Gasteiger partial charge in [0.15, 0.2) is 5.43 Å². The van der Waals surface area contributed by atoms with Crippen molar-refractivity contribution in [3.63, 3.8) is 0 Å². The Bertz CT molecular complexity index is 1540. The van der Waals surface area contributed by atoms with Gasteiger partial charge in [-0.25, -0.2) is 0 Å². The average molecular weight is 451 g/mol. The van der Waals surface area contributed by atoms with Crippen LogP contribution in [0.4, 0.5) is 0 Å². The number of carbonyl (C=O) groups is 1. The fourth-order valence-electron chi connectivity index (χ4n) is 4.23. The van der Waals surface area contributed by atoms with E-state index >= 15 is 0 Å². The minimum absolute atomic E-state index is 0.000941. The van der Waals surface area contributed by atoms with Crippen molar-refractivity contribution in [1.82, 2.24) is 19.8 Å². The molecule has 0 atom stereocenters. The molecule has 3 aromatic carbocycles. The molecule has 0 radical (unpaired) electrons. The lowest BCUT2D eigenvalue weighted by molar-refractivity contribution is 0.0951. The number of para-hydroxylation sites is 1. The number of H-pyrrole nitrogens is 1. The minimum Gasteiger partial charge on any atom is -0.361 e. The number of carbonyl (C=O) groups excluding carboxylic acids is 1. The van der Waals surface area contributed by atoms with E-state index in [4.69, 9.17) is 0 Å². The Morgan fingerprint density at radius 1 is 1.00 bits per heavy atom. The highest BCUT2D eigenvalue weighted by Gasteiger charge is 2.13. The first-order valence-corrected chi connectivity index (χ1v) is 11.3. The van der Waals surface area contributed by atoms with Crippen LogP contribution in [0.5, 0.6) is 0 Å². The molecule has 34 heavy (non-hydrogen) atoms. The normalized spacial score (nSPS) is 11.4. The van der Waals surface area contributed by atoms with Crippen LogP contribution in [-0.2, 0) is 0 Å². The molecule has 5 aromatic rings. The van der Waals surface area contributed by atoms with Crippen LogP contribution in [-0.4, -0.2) is 47.5 Å². The zero-order valence-corrected chi connectivity index (χ0v) is 19.2. The molecule has 6 nitrogen and oxygen atoms in total. The Hall–Kier alpha value is -4.16. The second-order valence-electron chi connectivity index (χ2n) is 8.64. The third-order valence-electron chi connectivity index (χ3n) is 6.04. The fourth-order valence-corrected chi connectivity index (χ4v) is 4.23. The predicted molar refractivity (Wildman–Crippen MR) is 138 cm³/mol. The maximum absolute atomic E-state index is 12.5. The van der Waals surface area contributed by atoms with Gasteiger partial charge >= 0.3 is 0 Å². The lowest BCUT2D eigenvalue weighted by Gasteiger charge is -2.16. The van der Waals surface area contributed by atoms with Gasteiger partial charge in [-0.2, -0.15) is 0 Å². The van der Waals surface area contributed by atoms with Crippen molar-refractivity contribution in [1.29, 1.82) is 0 Å². The van der Waals surface area contributed by atoms with E-state index in [1.165, 1.54) is 0 Å². The fraction of sp³-hybridized carbons (Fsp3) is 0.143. The lowest BCUT2D eigenvalue weighted by atomic mass is 9.99. The summed E-state index contributed by atoms with van der Waals surface area (Å²) in [4.78, 5) is 30.3. The number of aromatic nitrogens is 2. The van der Waals surface area contributed by atoms with Gasteiger partial charge in [-0.15, -0.1) is 0 Å². The number of benzene rings is 3. The monoisotopic (exact) mass is 450 g/mol. The number of fused-ring (bicyclic) bond motifs is 2. The van der Waals surface area contributed by atoms with Crippen LogP contribution >= 0.6 is 0 Å². The first-order chi connectivity index (χ1) is 16.5. The summed E-state index contributed by atoms with van der Waals surface area (Å²) in [6, 6.07) is 23.2. The minimum atomic E-state index is -0.0823. The Morgan fingerprint density at radius 2 is 1.79 bits per heavy atom. The van der Waals surface area contributed by atoms with Crippen molar-refractivity contribution >= 4 is 27.7 Å². The van der Waals surface area contributed by atoms with Gasteiger partial charge in [0.1, 0.15) is 0 Å². The maximum Gasteiger partial charge on any atom is 0.251 e. The zero-order valence-electron chi connectivity index (χ0n) is 19.2. The molecular formula is C28H26N4O2. The molecule has 0 unspecified atom stereocenters. The van der Waals surface area contributed by atoms with Gasteiger partial charge in [-0.3, -0.25) is 9.59 Å². The molecule has 0 spiro atoms. The molecule has 0 saturated carbocycles. The van der Waals surface area contributed by atoms with Crippen molar-refractivity contribution in [3.8, 4) is 16.8 Å². The van der Waals surface area contributed by atoms with Gasteiger partial charge in [-0.1, -0.05) is 24.3 Å². The quantitative estimate of drug-likeness (QED) is 0.402. The van der Waals surface area contributed by atoms with Crippen LogP contribution in [0.1, 0.15) is 10.4 Å². The van der Waals surface area contributed by atoms with Crippen LogP contribution in [0, 0.1) is 0 Å². The van der Waals surface area contributed by atoms with Crippen LogP contribution in [0.25, 0.3) is 38.6 Å². The number of rotatable bonds is 6. The molecule has 6 heteroatoms. The third kappa shape index (κ3) is 4.11. The van der Waals surface area contributed by atoms with Gasteiger partial charge in [-0.05, 0) is 62.1 Å². The lowest BCUT2D eigenvalue weighted by Crippen LogP contribution is -2.31. The second-order valence-corrected chi connectivity index (χ2v) is 8.64. The van der Waals surface area contributed by atoms with E-state index in [9.17, 15) is 9.59 Å². The van der Waals surface area contributed by atoms with Crippen molar-refractivity contribution in [2.45, 2.75) is 0 Å². The molecule has 0 fully saturated rings. The van der Waals surface area contributed by atoms with E-state index in [0.29, 0.717) is 17.5 Å². The maximum atomic E-state index is 12.5. The number of aromatic amines is 1. The van der Waals surface area contributed by atoms with Crippen LogP contribution in [0.2, 0.25) is 0 Å².